The molecule has 0 saturated carbocycles. The zero-order valence-corrected chi connectivity index (χ0v) is 50.2. The fourth-order valence-corrected chi connectivity index (χ4v) is 17.0. The zero-order chi connectivity index (χ0) is 59.9. The predicted octanol–water partition coefficient (Wildman–Crippen LogP) is 26.2. The van der Waals surface area contributed by atoms with Crippen molar-refractivity contribution in [1.82, 2.24) is 0 Å². The minimum atomic E-state index is 0.858. The normalized spacial score (nSPS) is 12.3. The molecule has 0 saturated heterocycles. The molecule has 17 aromatic carbocycles. The summed E-state index contributed by atoms with van der Waals surface area (Å²) in [6, 6.07) is 107. The molecule has 4 aromatic heterocycles. The number of furan rings is 3. The van der Waals surface area contributed by atoms with E-state index in [1.807, 2.05) is 11.3 Å². The second-order valence-corrected chi connectivity index (χ2v) is 26.0. The van der Waals surface area contributed by atoms with E-state index in [4.69, 9.17) is 13.3 Å². The number of hydrogen-bond acceptors (Lipinski definition) is 4. The average molecular weight is 1190 g/mol. The van der Waals surface area contributed by atoms with Crippen LogP contribution in [-0.2, 0) is 0 Å². The lowest BCUT2D eigenvalue weighted by Gasteiger charge is -2.18. The molecule has 0 aliphatic heterocycles. The van der Waals surface area contributed by atoms with Gasteiger partial charge in [-0.2, -0.15) is 0 Å². The zero-order valence-electron chi connectivity index (χ0n) is 49.3. The van der Waals surface area contributed by atoms with E-state index in [9.17, 15) is 0 Å². The maximum absolute atomic E-state index is 6.87. The van der Waals surface area contributed by atoms with Crippen molar-refractivity contribution in [2.75, 3.05) is 0 Å². The molecule has 4 heterocycles. The van der Waals surface area contributed by atoms with Crippen molar-refractivity contribution < 1.29 is 13.3 Å². The second-order valence-electron chi connectivity index (χ2n) is 24.9. The molecule has 0 aliphatic carbocycles. The van der Waals surface area contributed by atoms with Crippen molar-refractivity contribution in [2.24, 2.45) is 0 Å². The Morgan fingerprint density at radius 1 is 0.174 bits per heavy atom. The summed E-state index contributed by atoms with van der Waals surface area (Å²) in [5.41, 5.74) is 17.2. The van der Waals surface area contributed by atoms with Crippen molar-refractivity contribution >= 4 is 173 Å². The van der Waals surface area contributed by atoms with Crippen molar-refractivity contribution in [3.8, 4) is 55.6 Å². The highest BCUT2D eigenvalue weighted by Gasteiger charge is 2.23. The summed E-state index contributed by atoms with van der Waals surface area (Å²) in [5.74, 6) is 0. The van der Waals surface area contributed by atoms with Gasteiger partial charge in [0, 0.05) is 52.5 Å². The number of fused-ring (bicyclic) bond motifs is 19. The molecular weight excluding hydrogens is 1140 g/mol. The molecule has 4 heteroatoms. The Morgan fingerprint density at radius 2 is 0.478 bits per heavy atom. The van der Waals surface area contributed by atoms with Crippen LogP contribution < -0.4 is 0 Å². The van der Waals surface area contributed by atoms with E-state index in [2.05, 4.69) is 291 Å². The minimum Gasteiger partial charge on any atom is -0.456 e. The van der Waals surface area contributed by atoms with Gasteiger partial charge in [0.05, 0.1) is 0 Å². The molecule has 21 rings (SSSR count). The van der Waals surface area contributed by atoms with Gasteiger partial charge in [0.1, 0.15) is 33.5 Å². The summed E-state index contributed by atoms with van der Waals surface area (Å²) < 4.78 is 22.9. The highest BCUT2D eigenvalue weighted by Crippen LogP contribution is 2.50. The molecule has 0 bridgehead atoms. The van der Waals surface area contributed by atoms with E-state index in [0.29, 0.717) is 0 Å². The molecule has 0 N–H and O–H groups in total. The molecular formula is C88H48O3S. The lowest BCUT2D eigenvalue weighted by atomic mass is 9.85. The van der Waals surface area contributed by atoms with E-state index >= 15 is 0 Å². The Bertz CT molecular complexity index is 6710. The second kappa shape index (κ2) is 18.9. The van der Waals surface area contributed by atoms with Crippen LogP contribution >= 0.6 is 11.3 Å². The largest absolute Gasteiger partial charge is 0.456 e. The van der Waals surface area contributed by atoms with Crippen molar-refractivity contribution in [1.29, 1.82) is 0 Å². The summed E-state index contributed by atoms with van der Waals surface area (Å²) in [6.07, 6.45) is 0. The molecule has 0 amide bonds. The van der Waals surface area contributed by atoms with Gasteiger partial charge in [0.25, 0.3) is 0 Å². The maximum atomic E-state index is 6.87. The van der Waals surface area contributed by atoms with E-state index in [1.165, 1.54) is 102 Å². The average Bonchev–Trinajstić information content (AvgIpc) is 1.03. The molecule has 0 unspecified atom stereocenters. The van der Waals surface area contributed by atoms with Crippen LogP contribution in [0.4, 0.5) is 0 Å². The monoisotopic (exact) mass is 1180 g/mol. The Labute approximate surface area is 529 Å². The van der Waals surface area contributed by atoms with Gasteiger partial charge in [-0.25, -0.2) is 0 Å². The van der Waals surface area contributed by atoms with Crippen LogP contribution in [0.2, 0.25) is 0 Å². The molecule has 0 radical (unpaired) electrons. The van der Waals surface area contributed by atoms with E-state index in [-0.39, 0.29) is 0 Å². The topological polar surface area (TPSA) is 39.4 Å². The van der Waals surface area contributed by atoms with Crippen molar-refractivity contribution in [2.45, 2.75) is 0 Å². The van der Waals surface area contributed by atoms with Gasteiger partial charge in [-0.15, -0.1) is 11.3 Å². The van der Waals surface area contributed by atoms with Gasteiger partial charge < -0.3 is 13.3 Å². The lowest BCUT2D eigenvalue weighted by molar-refractivity contribution is 0.669. The number of rotatable bonds is 5. The van der Waals surface area contributed by atoms with E-state index in [1.54, 1.807) is 0 Å². The highest BCUT2D eigenvalue weighted by atomic mass is 32.1. The van der Waals surface area contributed by atoms with Gasteiger partial charge in [-0.05, 0) is 222 Å². The summed E-state index contributed by atoms with van der Waals surface area (Å²) in [5, 5.41) is 25.9. The van der Waals surface area contributed by atoms with Crippen molar-refractivity contribution in [3.63, 3.8) is 0 Å². The molecule has 0 atom stereocenters. The van der Waals surface area contributed by atoms with Crippen LogP contribution in [0.15, 0.2) is 304 Å². The summed E-state index contributed by atoms with van der Waals surface area (Å²) in [7, 11) is 0. The van der Waals surface area contributed by atoms with Crippen LogP contribution in [0.3, 0.4) is 0 Å². The van der Waals surface area contributed by atoms with Gasteiger partial charge in [0.2, 0.25) is 0 Å². The molecule has 21 aromatic rings. The fourth-order valence-electron chi connectivity index (χ4n) is 15.9. The van der Waals surface area contributed by atoms with Crippen LogP contribution in [0, 0.1) is 0 Å². The van der Waals surface area contributed by atoms with Crippen LogP contribution in [0.1, 0.15) is 0 Å². The molecule has 3 nitrogen and oxygen atoms in total. The standard InChI is InChI=1S/C88H48O3S/c1-2-16-50-46-80-73(39-49(50)15-1)70-42-53(31-35-77(70)89-80)85-60-20-3-5-22-62(60)86(63-23-6-4-21-61(63)85)54-32-36-78-71(43-54)74-40-51-17-13-28-57(68(51)47-81(74)90-78)58-29-14-18-52-41-75-72-44-55(33-37-79(72)91-82(75)48-69(52)58)87-64-24-7-9-26-66(64)88(67-27-10-8-25-65(67)87)56-34-38-84-76(45-56)59-19-11-12-30-83(59)92-84/h1-48H. The summed E-state index contributed by atoms with van der Waals surface area (Å²) in [4.78, 5) is 0. The van der Waals surface area contributed by atoms with Crippen LogP contribution in [0.25, 0.3) is 217 Å². The minimum absolute atomic E-state index is 0.858. The highest BCUT2D eigenvalue weighted by molar-refractivity contribution is 7.25. The van der Waals surface area contributed by atoms with E-state index in [0.717, 1.165) is 115 Å². The molecule has 0 fully saturated rings. The Morgan fingerprint density at radius 3 is 0.902 bits per heavy atom. The number of hydrogen-bond donors (Lipinski definition) is 0. The van der Waals surface area contributed by atoms with Gasteiger partial charge in [0.15, 0.2) is 0 Å². The van der Waals surface area contributed by atoms with Crippen LogP contribution in [0.5, 0.6) is 0 Å². The quantitative estimate of drug-likeness (QED) is 0.161. The molecule has 0 spiro atoms. The first-order valence-electron chi connectivity index (χ1n) is 31.5. The van der Waals surface area contributed by atoms with Gasteiger partial charge in [-0.3, -0.25) is 0 Å². The number of benzene rings is 17. The SMILES string of the molecule is c1ccc2cc3c(cc2c1)oc1ccc(-c2c4ccccc4c(-c4ccc5oc6cc7c(-c8cccc9cc%10c(cc89)oc8ccc(-c9c%11ccccc%11c(-c%11ccc%12sc%13ccccc%13c%12c%11)c%11ccccc9%11)cc8%10)cccc7cc6c5c4)c4ccccc24)cc13. The summed E-state index contributed by atoms with van der Waals surface area (Å²) >= 11 is 1.86. The fraction of sp³-hybridized carbons (Fsp3) is 0. The van der Waals surface area contributed by atoms with Gasteiger partial charge >= 0.3 is 0 Å². The molecule has 424 valence electrons. The Balaban J connectivity index is 0.671. The van der Waals surface area contributed by atoms with Crippen molar-refractivity contribution in [3.05, 3.63) is 291 Å². The molecule has 0 aliphatic rings. The maximum Gasteiger partial charge on any atom is 0.136 e. The summed E-state index contributed by atoms with van der Waals surface area (Å²) in [6.45, 7) is 0. The van der Waals surface area contributed by atoms with Crippen LogP contribution in [-0.4, -0.2) is 0 Å². The molecule has 92 heavy (non-hydrogen) atoms. The lowest BCUT2D eigenvalue weighted by Crippen LogP contribution is -1.90. The van der Waals surface area contributed by atoms with E-state index < -0.39 is 0 Å². The third-order valence-corrected chi connectivity index (χ3v) is 21.1. The first kappa shape index (κ1) is 50.1. The number of thiophene rings is 1. The Kier molecular flexibility index (Phi) is 10.3. The smallest absolute Gasteiger partial charge is 0.136 e. The third-order valence-electron chi connectivity index (χ3n) is 20.0. The Hall–Kier alpha value is -11.8. The third kappa shape index (κ3) is 7.21. The first-order valence-corrected chi connectivity index (χ1v) is 32.3. The van der Waals surface area contributed by atoms with Gasteiger partial charge in [-0.1, -0.05) is 200 Å². The first-order chi connectivity index (χ1) is 45.6. The predicted molar refractivity (Wildman–Crippen MR) is 391 cm³/mol.